The van der Waals surface area contributed by atoms with E-state index in [9.17, 15) is 14.7 Å². The van der Waals surface area contributed by atoms with Crippen LogP contribution in [0.25, 0.3) is 0 Å². The minimum Gasteiger partial charge on any atom is -0.391 e. The maximum Gasteiger partial charge on any atom is 0.246 e. The average Bonchev–Trinajstić information content (AvgIpc) is 2.24. The van der Waals surface area contributed by atoms with Crippen LogP contribution in [-0.2, 0) is 9.59 Å². The lowest BCUT2D eigenvalue weighted by Gasteiger charge is -2.42. The number of amides is 2. The van der Waals surface area contributed by atoms with Gasteiger partial charge in [-0.2, -0.15) is 0 Å². The molecule has 0 saturated carbocycles. The predicted octanol–water partition coefficient (Wildman–Crippen LogP) is -1.88. The maximum atomic E-state index is 12.0. The van der Waals surface area contributed by atoms with Crippen molar-refractivity contribution in [2.45, 2.75) is 37.5 Å². The molecule has 3 N–H and O–H groups in total. The highest BCUT2D eigenvalue weighted by Gasteiger charge is 2.47. The van der Waals surface area contributed by atoms with E-state index >= 15 is 0 Å². The van der Waals surface area contributed by atoms with E-state index in [0.717, 1.165) is 0 Å². The van der Waals surface area contributed by atoms with Crippen LogP contribution in [0.2, 0.25) is 0 Å². The normalized spacial score (nSPS) is 30.8. The van der Waals surface area contributed by atoms with Gasteiger partial charge in [-0.15, -0.1) is 0 Å². The van der Waals surface area contributed by atoms with E-state index in [4.69, 9.17) is 0 Å². The van der Waals surface area contributed by atoms with Gasteiger partial charge < -0.3 is 15.7 Å². The summed E-state index contributed by atoms with van der Waals surface area (Å²) in [6.45, 7) is 2.67. The van der Waals surface area contributed by atoms with E-state index in [1.807, 2.05) is 0 Å². The van der Waals surface area contributed by atoms with Gasteiger partial charge in [0.15, 0.2) is 0 Å². The molecule has 2 atom stereocenters. The highest BCUT2D eigenvalue weighted by atomic mass is 16.3. The molecule has 0 aromatic rings. The highest BCUT2D eigenvalue weighted by Crippen LogP contribution is 2.22. The number of rotatable bonds is 1. The van der Waals surface area contributed by atoms with Gasteiger partial charge in [0.2, 0.25) is 11.8 Å². The Morgan fingerprint density at radius 3 is 2.62 bits per heavy atom. The van der Waals surface area contributed by atoms with Crippen LogP contribution in [0.3, 0.4) is 0 Å². The molecule has 0 bridgehead atoms. The molecular formula is C10H16N3O3. The number of piperidine rings is 1. The van der Waals surface area contributed by atoms with Crippen molar-refractivity contribution in [3.63, 3.8) is 0 Å². The summed E-state index contributed by atoms with van der Waals surface area (Å²) in [5.41, 5.74) is -0.801. The first kappa shape index (κ1) is 11.3. The third-order valence-electron chi connectivity index (χ3n) is 3.24. The van der Waals surface area contributed by atoms with E-state index in [1.165, 1.54) is 6.92 Å². The lowest BCUT2D eigenvalue weighted by molar-refractivity contribution is -0.145. The topological polar surface area (TPSA) is 92.5 Å². The average molecular weight is 226 g/mol. The van der Waals surface area contributed by atoms with Gasteiger partial charge in [0.05, 0.1) is 6.10 Å². The summed E-state index contributed by atoms with van der Waals surface area (Å²) in [5.74, 6) is -0.510. The van der Waals surface area contributed by atoms with Crippen LogP contribution in [0.15, 0.2) is 0 Å². The molecular weight excluding hydrogens is 210 g/mol. The predicted molar refractivity (Wildman–Crippen MR) is 55.6 cm³/mol. The molecule has 2 aliphatic rings. The number of nitrogens with zero attached hydrogens (tertiary/aromatic N) is 1. The Labute approximate surface area is 93.8 Å². The monoisotopic (exact) mass is 226 g/mol. The second-order valence-electron chi connectivity index (χ2n) is 4.43. The number of aliphatic hydroxyl groups excluding tert-OH is 1. The molecule has 2 heterocycles. The summed E-state index contributed by atoms with van der Waals surface area (Å²) in [5, 5.41) is 18.8. The number of hydrogen-bond donors (Lipinski definition) is 3. The van der Waals surface area contributed by atoms with Crippen LogP contribution in [0.5, 0.6) is 0 Å². The second kappa shape index (κ2) is 4.03. The zero-order chi connectivity index (χ0) is 11.8. The van der Waals surface area contributed by atoms with Crippen LogP contribution in [0, 0.1) is 0 Å². The molecule has 0 aromatic carbocycles. The van der Waals surface area contributed by atoms with Crippen molar-refractivity contribution in [2.24, 2.45) is 0 Å². The van der Waals surface area contributed by atoms with E-state index in [2.05, 4.69) is 16.0 Å². The SMILES string of the molecule is CC(O)C1NC(=O)C2(CC[N]CC2)NC1=O. The number of aliphatic hydroxyl groups is 1. The van der Waals surface area contributed by atoms with Crippen molar-refractivity contribution in [3.05, 3.63) is 0 Å². The number of nitrogens with one attached hydrogen (secondary N) is 2. The molecule has 6 heteroatoms. The molecule has 1 spiro atoms. The first-order valence-electron chi connectivity index (χ1n) is 5.49. The van der Waals surface area contributed by atoms with Crippen LogP contribution >= 0.6 is 0 Å². The van der Waals surface area contributed by atoms with Crippen molar-refractivity contribution in [1.29, 1.82) is 0 Å². The van der Waals surface area contributed by atoms with Crippen LogP contribution in [0.1, 0.15) is 19.8 Å². The molecule has 6 nitrogen and oxygen atoms in total. The summed E-state index contributed by atoms with van der Waals surface area (Å²) in [4.78, 5) is 23.7. The minimum atomic E-state index is -0.880. The van der Waals surface area contributed by atoms with Gasteiger partial charge in [-0.05, 0) is 19.8 Å². The van der Waals surface area contributed by atoms with Crippen LogP contribution in [0.4, 0.5) is 0 Å². The molecule has 2 fully saturated rings. The Kier molecular flexibility index (Phi) is 2.86. The maximum absolute atomic E-state index is 12.0. The quantitative estimate of drug-likeness (QED) is 0.488. The van der Waals surface area contributed by atoms with Gasteiger partial charge in [0, 0.05) is 13.1 Å². The third kappa shape index (κ3) is 1.78. The molecule has 0 aliphatic carbocycles. The van der Waals surface area contributed by atoms with Gasteiger partial charge in [-0.25, -0.2) is 5.32 Å². The Morgan fingerprint density at radius 1 is 1.44 bits per heavy atom. The van der Waals surface area contributed by atoms with Gasteiger partial charge in [-0.1, -0.05) is 0 Å². The summed E-state index contributed by atoms with van der Waals surface area (Å²) in [7, 11) is 0. The Balaban J connectivity index is 2.14. The van der Waals surface area contributed by atoms with Gasteiger partial charge in [-0.3, -0.25) is 9.59 Å². The number of carbonyl (C=O) groups excluding carboxylic acids is 2. The molecule has 2 unspecified atom stereocenters. The van der Waals surface area contributed by atoms with E-state index in [1.54, 1.807) is 0 Å². The van der Waals surface area contributed by atoms with Gasteiger partial charge >= 0.3 is 0 Å². The summed E-state index contributed by atoms with van der Waals surface area (Å²) in [6.07, 6.45) is 0.198. The lowest BCUT2D eigenvalue weighted by atomic mass is 9.84. The molecule has 2 aliphatic heterocycles. The Bertz CT molecular complexity index is 310. The zero-order valence-corrected chi connectivity index (χ0v) is 9.19. The summed E-state index contributed by atoms with van der Waals surface area (Å²) in [6, 6.07) is -0.836. The first-order valence-corrected chi connectivity index (χ1v) is 5.49. The van der Waals surface area contributed by atoms with E-state index in [-0.39, 0.29) is 11.8 Å². The number of piperazine rings is 1. The standard InChI is InChI=1S/C10H16N3O3/c1-6(14)7-8(15)13-10(9(16)12-7)2-4-11-5-3-10/h6-7,14H,2-5H2,1H3,(H,12,16)(H,13,15). The largest absolute Gasteiger partial charge is 0.391 e. The molecule has 0 aromatic heterocycles. The molecule has 89 valence electrons. The van der Waals surface area contributed by atoms with E-state index in [0.29, 0.717) is 25.9 Å². The minimum absolute atomic E-state index is 0.201. The molecule has 2 rings (SSSR count). The highest BCUT2D eigenvalue weighted by molar-refractivity contribution is 6.00. The number of carbonyl (C=O) groups is 2. The van der Waals surface area contributed by atoms with Crippen molar-refractivity contribution in [2.75, 3.05) is 13.1 Å². The van der Waals surface area contributed by atoms with Crippen molar-refractivity contribution < 1.29 is 14.7 Å². The smallest absolute Gasteiger partial charge is 0.246 e. The fourth-order valence-electron chi connectivity index (χ4n) is 2.18. The third-order valence-corrected chi connectivity index (χ3v) is 3.24. The lowest BCUT2D eigenvalue weighted by Crippen LogP contribution is -2.72. The first-order chi connectivity index (χ1) is 7.55. The van der Waals surface area contributed by atoms with Crippen molar-refractivity contribution >= 4 is 11.8 Å². The molecule has 2 amide bonds. The zero-order valence-electron chi connectivity index (χ0n) is 9.19. The molecule has 16 heavy (non-hydrogen) atoms. The summed E-state index contributed by atoms with van der Waals surface area (Å²) >= 11 is 0. The Morgan fingerprint density at radius 2 is 2.06 bits per heavy atom. The van der Waals surface area contributed by atoms with Crippen LogP contribution < -0.4 is 16.0 Å². The summed E-state index contributed by atoms with van der Waals surface area (Å²) < 4.78 is 0. The second-order valence-corrected chi connectivity index (χ2v) is 4.43. The van der Waals surface area contributed by atoms with Crippen LogP contribution in [-0.4, -0.2) is 47.7 Å². The fourth-order valence-corrected chi connectivity index (χ4v) is 2.18. The van der Waals surface area contributed by atoms with Crippen molar-refractivity contribution in [1.82, 2.24) is 16.0 Å². The van der Waals surface area contributed by atoms with E-state index < -0.39 is 17.7 Å². The number of hydrogen-bond acceptors (Lipinski definition) is 3. The van der Waals surface area contributed by atoms with Gasteiger partial charge in [0.25, 0.3) is 0 Å². The van der Waals surface area contributed by atoms with Crippen molar-refractivity contribution in [3.8, 4) is 0 Å². The Hall–Kier alpha value is -1.14. The molecule has 2 saturated heterocycles. The molecule has 1 radical (unpaired) electrons. The fraction of sp³-hybridized carbons (Fsp3) is 0.800. The van der Waals surface area contributed by atoms with Gasteiger partial charge in [0.1, 0.15) is 11.6 Å².